The topological polar surface area (TPSA) is 17.1 Å². The molecule has 0 N–H and O–H groups in total. The maximum Gasteiger partial charge on any atom is -0.172 e. The Morgan fingerprint density at radius 2 is 0.800 bits per heavy atom. The molecule has 1 nitrogen and oxygen atoms in total. The molecule has 0 amide bonds. The molecule has 0 bridgehead atoms. The Hall–Kier alpha value is -0.136. The fourth-order valence-electron chi connectivity index (χ4n) is 0.321. The van der Waals surface area contributed by atoms with Crippen molar-refractivity contribution in [2.24, 2.45) is 0 Å². The molecule has 0 atom stereocenters. The summed E-state index contributed by atoms with van der Waals surface area (Å²) >= 11 is 0.750. The van der Waals surface area contributed by atoms with Gasteiger partial charge in [0, 0.05) is 0 Å². The van der Waals surface area contributed by atoms with Gasteiger partial charge < -0.3 is 59.4 Å². The minimum Gasteiger partial charge on any atom is -0.214 e. The van der Waals surface area contributed by atoms with Gasteiger partial charge in [0.15, 0.2) is 0 Å². The molecule has 0 radical (unpaired) electrons. The molecular weight excluding hydrogens is 220 g/mol. The summed E-state index contributed by atoms with van der Waals surface area (Å²) in [4.78, 5) is 0. The molecule has 0 heterocycles. The van der Waals surface area contributed by atoms with Crippen molar-refractivity contribution >= 4 is 0 Å². The Morgan fingerprint density at radius 3 is 0.867 bits per heavy atom. The normalized spacial score (nSPS) is 2.87. The first-order valence-electron chi connectivity index (χ1n) is 1.87. The van der Waals surface area contributed by atoms with E-state index in [1.807, 2.05) is 30.3 Å². The summed E-state index contributed by atoms with van der Waals surface area (Å²) in [5.41, 5.74) is 0. The van der Waals surface area contributed by atoms with E-state index < -0.39 is 0 Å². The molecule has 0 aliphatic carbocycles. The average molecular weight is 249 g/mol. The molecule has 15 heavy (non-hydrogen) atoms. The first kappa shape index (κ1) is 83.1. The monoisotopic (exact) mass is 249 g/mol. The molecular formula is C13H29OTi-9. The van der Waals surface area contributed by atoms with Gasteiger partial charge in [-0.3, -0.25) is 0 Å². The number of rotatable bonds is 0. The first-order valence-corrected chi connectivity index (χ1v) is 2.51. The summed E-state index contributed by atoms with van der Waals surface area (Å²) in [6, 6.07) is 10.0. The van der Waals surface area contributed by atoms with Crippen LogP contribution in [0.2, 0.25) is 0 Å². The van der Waals surface area contributed by atoms with Gasteiger partial charge in [-0.05, 0) is 0 Å². The minimum absolute atomic E-state index is 0. The Bertz CT molecular complexity index is 77.4. The Balaban J connectivity index is -0.00000000495. The smallest absolute Gasteiger partial charge is 0.172 e. The van der Waals surface area contributed by atoms with Crippen molar-refractivity contribution in [2.45, 2.75) is 0 Å². The standard InChI is InChI=1S/C5H5.8CH3.O.Ti/c1-2-4-5-3-1;;;;;;;;;;/h1-5H;8*1H3;;/q9*-1;;. The molecule has 0 aliphatic heterocycles. The Kier molecular flexibility index (Phi) is 537. The molecule has 0 saturated heterocycles. The molecule has 1 aromatic rings. The fraction of sp³-hybridized carbons (Fsp3) is 0. The van der Waals surface area contributed by atoms with Crippen LogP contribution in [0, 0.1) is 59.4 Å². The summed E-state index contributed by atoms with van der Waals surface area (Å²) in [5.74, 6) is 0. The number of hydrogen-bond donors (Lipinski definition) is 0. The van der Waals surface area contributed by atoms with Crippen LogP contribution in [-0.2, 0) is 23.7 Å². The van der Waals surface area contributed by atoms with E-state index in [2.05, 4.69) is 0 Å². The molecule has 2 heteroatoms. The van der Waals surface area contributed by atoms with E-state index in [4.69, 9.17) is 3.32 Å². The van der Waals surface area contributed by atoms with Crippen molar-refractivity contribution < 1.29 is 23.7 Å². The van der Waals surface area contributed by atoms with Gasteiger partial charge in [0.1, 0.15) is 0 Å². The van der Waals surface area contributed by atoms with E-state index in [0.29, 0.717) is 0 Å². The number of hydrogen-bond acceptors (Lipinski definition) is 1. The fourth-order valence-corrected chi connectivity index (χ4v) is 0.321. The molecule has 1 aromatic carbocycles. The average Bonchev–Trinajstić information content (AvgIpc) is 2.23. The van der Waals surface area contributed by atoms with Gasteiger partial charge in [-0.15, -0.1) is 0 Å². The predicted octanol–water partition coefficient (Wildman–Crippen LogP) is 4.89. The van der Waals surface area contributed by atoms with Crippen LogP contribution in [-0.4, -0.2) is 0 Å². The van der Waals surface area contributed by atoms with Gasteiger partial charge in [-0.1, -0.05) is 0 Å². The Labute approximate surface area is 113 Å². The van der Waals surface area contributed by atoms with Gasteiger partial charge in [-0.2, -0.15) is 18.2 Å². The van der Waals surface area contributed by atoms with Gasteiger partial charge in [0.25, 0.3) is 0 Å². The Morgan fingerprint density at radius 1 is 0.600 bits per heavy atom. The van der Waals surface area contributed by atoms with Crippen LogP contribution in [0.4, 0.5) is 0 Å². The second-order valence-corrected chi connectivity index (χ2v) is 0.962. The summed E-state index contributed by atoms with van der Waals surface area (Å²) in [7, 11) is 0. The molecule has 0 saturated carbocycles. The molecule has 0 aliphatic rings. The quantitative estimate of drug-likeness (QED) is 0.472. The van der Waals surface area contributed by atoms with Crippen molar-refractivity contribution in [2.75, 3.05) is 0 Å². The van der Waals surface area contributed by atoms with Gasteiger partial charge in [0.05, 0.1) is 0 Å². The van der Waals surface area contributed by atoms with Crippen LogP contribution in [0.5, 0.6) is 0 Å². The third-order valence-corrected chi connectivity index (χ3v) is 0.556. The molecule has 0 fully saturated rings. The van der Waals surface area contributed by atoms with Crippen LogP contribution in [0.3, 0.4) is 0 Å². The summed E-state index contributed by atoms with van der Waals surface area (Å²) in [6.07, 6.45) is 0. The van der Waals surface area contributed by atoms with Crippen molar-refractivity contribution in [1.29, 1.82) is 0 Å². The van der Waals surface area contributed by atoms with E-state index in [9.17, 15) is 0 Å². The van der Waals surface area contributed by atoms with E-state index in [0.717, 1.165) is 20.4 Å². The van der Waals surface area contributed by atoms with Crippen LogP contribution >= 0.6 is 0 Å². The van der Waals surface area contributed by atoms with Crippen LogP contribution in [0.15, 0.2) is 30.3 Å². The largest absolute Gasteiger partial charge is 0.214 e. The van der Waals surface area contributed by atoms with E-state index in [1.165, 1.54) is 0 Å². The maximum atomic E-state index is 8.25. The molecule has 0 unspecified atom stereocenters. The third-order valence-electron chi connectivity index (χ3n) is 0.556. The molecule has 0 spiro atoms. The molecule has 100 valence electrons. The van der Waals surface area contributed by atoms with Crippen LogP contribution < -0.4 is 0 Å². The van der Waals surface area contributed by atoms with Gasteiger partial charge in [0.2, 0.25) is 0 Å². The van der Waals surface area contributed by atoms with Crippen LogP contribution in [0.1, 0.15) is 0 Å². The van der Waals surface area contributed by atoms with Crippen molar-refractivity contribution in [3.63, 3.8) is 0 Å². The predicted molar refractivity (Wildman–Crippen MR) is 74.0 cm³/mol. The van der Waals surface area contributed by atoms with Gasteiger partial charge in [-0.25, -0.2) is 12.1 Å². The van der Waals surface area contributed by atoms with E-state index in [1.54, 1.807) is 0 Å². The van der Waals surface area contributed by atoms with Crippen LogP contribution in [0.25, 0.3) is 0 Å². The second-order valence-electron chi connectivity index (χ2n) is 0.962. The van der Waals surface area contributed by atoms with E-state index >= 15 is 0 Å². The summed E-state index contributed by atoms with van der Waals surface area (Å²) < 4.78 is 8.25. The second kappa shape index (κ2) is 97.0. The molecule has 0 aromatic heterocycles. The first-order chi connectivity index (χ1) is 3.50. The van der Waals surface area contributed by atoms with Gasteiger partial charge >= 0.3 is 23.7 Å². The molecule has 1 rings (SSSR count). The minimum atomic E-state index is 0. The van der Waals surface area contributed by atoms with Crippen molar-refractivity contribution in [1.82, 2.24) is 0 Å². The maximum absolute atomic E-state index is 8.25. The summed E-state index contributed by atoms with van der Waals surface area (Å²) in [5, 5.41) is 0. The van der Waals surface area contributed by atoms with E-state index in [-0.39, 0.29) is 59.4 Å². The van der Waals surface area contributed by atoms with Crippen molar-refractivity contribution in [3.05, 3.63) is 89.7 Å². The zero-order valence-corrected chi connectivity index (χ0v) is 13.4. The zero-order valence-electron chi connectivity index (χ0n) is 11.8. The summed E-state index contributed by atoms with van der Waals surface area (Å²) in [6.45, 7) is 0. The third kappa shape index (κ3) is 82.5. The SMILES string of the molecule is [CH3-].[CH3-].[CH3-].[CH3-].[CH3-].[CH3-].[CH3-].[CH3-].[O]=[Ti].c1cc[cH-]c1. The van der Waals surface area contributed by atoms with Crippen molar-refractivity contribution in [3.8, 4) is 0 Å². The zero-order chi connectivity index (χ0) is 5.54.